The second kappa shape index (κ2) is 10.00. The summed E-state index contributed by atoms with van der Waals surface area (Å²) in [6, 6.07) is 1.83. The van der Waals surface area contributed by atoms with Crippen LogP contribution in [0.1, 0.15) is 68.5 Å². The smallest absolute Gasteiger partial charge is 0.372 e. The highest BCUT2D eigenvalue weighted by molar-refractivity contribution is 5.86. The number of carboxylic acid groups (broad SMARTS) is 1. The summed E-state index contributed by atoms with van der Waals surface area (Å²) in [5.41, 5.74) is 1.92. The number of nitrogens with zero attached hydrogens (tertiary/aromatic N) is 1. The Morgan fingerprint density at radius 2 is 2.23 bits per heavy atom. The molecule has 0 bridgehead atoms. The second-order valence-corrected chi connectivity index (χ2v) is 6.83. The van der Waals surface area contributed by atoms with Crippen LogP contribution in [0.25, 0.3) is 0 Å². The Morgan fingerprint density at radius 3 is 2.96 bits per heavy atom. The third-order valence-electron chi connectivity index (χ3n) is 4.77. The van der Waals surface area contributed by atoms with Gasteiger partial charge in [-0.25, -0.2) is 4.79 Å². The van der Waals surface area contributed by atoms with Crippen LogP contribution in [0.2, 0.25) is 0 Å². The van der Waals surface area contributed by atoms with Crippen molar-refractivity contribution < 1.29 is 19.1 Å². The number of unbranched alkanes of at least 4 members (excludes halogenated alkanes) is 2. The summed E-state index contributed by atoms with van der Waals surface area (Å²) in [5.74, 6) is -0.867. The van der Waals surface area contributed by atoms with Crippen LogP contribution >= 0.6 is 0 Å². The molecule has 0 saturated carbocycles. The molecule has 142 valence electrons. The molecular formula is C21H29NO4. The molecule has 1 N–H and O–H groups in total. The number of allylic oxidation sites excluding steroid dienone is 3. The molecule has 5 nitrogen and oxygen atoms in total. The second-order valence-electron chi connectivity index (χ2n) is 6.83. The van der Waals surface area contributed by atoms with Crippen LogP contribution in [-0.2, 0) is 11.2 Å². The Kier molecular flexibility index (Phi) is 7.70. The average molecular weight is 359 g/mol. The van der Waals surface area contributed by atoms with E-state index in [-0.39, 0.29) is 17.7 Å². The lowest BCUT2D eigenvalue weighted by Gasteiger charge is -2.22. The summed E-state index contributed by atoms with van der Waals surface area (Å²) in [6.45, 7) is 4.92. The van der Waals surface area contributed by atoms with Crippen LogP contribution in [0.3, 0.4) is 0 Å². The van der Waals surface area contributed by atoms with E-state index in [1.165, 1.54) is 24.7 Å². The minimum absolute atomic E-state index is 0.00188. The van der Waals surface area contributed by atoms with Crippen LogP contribution in [0.5, 0.6) is 0 Å². The van der Waals surface area contributed by atoms with Gasteiger partial charge in [0.1, 0.15) is 0 Å². The summed E-state index contributed by atoms with van der Waals surface area (Å²) in [6.07, 6.45) is 14.1. The lowest BCUT2D eigenvalue weighted by molar-refractivity contribution is -0.128. The van der Waals surface area contributed by atoms with Crippen molar-refractivity contribution in [2.75, 3.05) is 6.54 Å². The van der Waals surface area contributed by atoms with E-state index >= 15 is 0 Å². The highest BCUT2D eigenvalue weighted by Gasteiger charge is 2.28. The maximum Gasteiger partial charge on any atom is 0.372 e. The molecule has 1 aromatic rings. The van der Waals surface area contributed by atoms with E-state index in [1.807, 2.05) is 4.90 Å². The highest BCUT2D eigenvalue weighted by Crippen LogP contribution is 2.22. The van der Waals surface area contributed by atoms with E-state index in [4.69, 9.17) is 9.52 Å². The van der Waals surface area contributed by atoms with Gasteiger partial charge < -0.3 is 14.4 Å². The molecule has 1 aliphatic rings. The summed E-state index contributed by atoms with van der Waals surface area (Å²) in [7, 11) is 0. The lowest BCUT2D eigenvalue weighted by Crippen LogP contribution is -2.32. The van der Waals surface area contributed by atoms with Crippen LogP contribution in [0.4, 0.5) is 0 Å². The first kappa shape index (κ1) is 20.0. The maximum absolute atomic E-state index is 12.2. The first-order valence-corrected chi connectivity index (χ1v) is 9.47. The molecule has 26 heavy (non-hydrogen) atoms. The zero-order chi connectivity index (χ0) is 18.9. The van der Waals surface area contributed by atoms with E-state index < -0.39 is 5.97 Å². The first-order valence-electron chi connectivity index (χ1n) is 9.47. The number of aromatic carboxylic acids is 1. The molecule has 5 heteroatoms. The van der Waals surface area contributed by atoms with Gasteiger partial charge in [0, 0.05) is 18.5 Å². The Hall–Kier alpha value is -2.30. The molecule has 0 aromatic carbocycles. The molecule has 0 radical (unpaired) electrons. The van der Waals surface area contributed by atoms with Crippen molar-refractivity contribution in [2.45, 2.75) is 64.8 Å². The monoisotopic (exact) mass is 359 g/mol. The van der Waals surface area contributed by atoms with Gasteiger partial charge in [0.05, 0.1) is 12.3 Å². The Balaban J connectivity index is 1.88. The molecule has 0 aliphatic carbocycles. The average Bonchev–Trinajstić information content (AvgIpc) is 3.21. The topological polar surface area (TPSA) is 70.8 Å². The SMILES string of the molecule is CCCCC=C(C)C=C[C@H]1CCC(=O)N1CCCc1ccoc1C(=O)O. The van der Waals surface area contributed by atoms with E-state index in [0.717, 1.165) is 19.3 Å². The van der Waals surface area contributed by atoms with Crippen LogP contribution in [-0.4, -0.2) is 34.5 Å². The molecule has 1 atom stereocenters. The van der Waals surface area contributed by atoms with Crippen molar-refractivity contribution in [3.05, 3.63) is 47.5 Å². The molecule has 1 saturated heterocycles. The normalized spacial score (nSPS) is 18.2. The number of carbonyl (C=O) groups excluding carboxylic acids is 1. The van der Waals surface area contributed by atoms with Gasteiger partial charge in [-0.05, 0) is 38.7 Å². The zero-order valence-electron chi connectivity index (χ0n) is 15.7. The third kappa shape index (κ3) is 5.61. The van der Waals surface area contributed by atoms with Gasteiger partial charge in [0.25, 0.3) is 0 Å². The quantitative estimate of drug-likeness (QED) is 0.490. The number of aryl methyl sites for hydroxylation is 1. The van der Waals surface area contributed by atoms with Gasteiger partial charge in [0.2, 0.25) is 11.7 Å². The van der Waals surface area contributed by atoms with E-state index in [2.05, 4.69) is 32.1 Å². The van der Waals surface area contributed by atoms with E-state index in [1.54, 1.807) is 6.07 Å². The van der Waals surface area contributed by atoms with Crippen molar-refractivity contribution in [3.63, 3.8) is 0 Å². The van der Waals surface area contributed by atoms with Crippen LogP contribution < -0.4 is 0 Å². The van der Waals surface area contributed by atoms with Crippen LogP contribution in [0.15, 0.2) is 40.5 Å². The van der Waals surface area contributed by atoms with Crippen molar-refractivity contribution in [2.24, 2.45) is 0 Å². The van der Waals surface area contributed by atoms with Crippen molar-refractivity contribution >= 4 is 11.9 Å². The summed E-state index contributed by atoms with van der Waals surface area (Å²) in [4.78, 5) is 25.2. The molecule has 2 rings (SSSR count). The fraction of sp³-hybridized carbons (Fsp3) is 0.524. The largest absolute Gasteiger partial charge is 0.475 e. The maximum atomic E-state index is 12.2. The Morgan fingerprint density at radius 1 is 1.42 bits per heavy atom. The molecule has 0 unspecified atom stereocenters. The van der Waals surface area contributed by atoms with Gasteiger partial charge in [0.15, 0.2) is 0 Å². The minimum Gasteiger partial charge on any atom is -0.475 e. The molecule has 1 aliphatic heterocycles. The predicted octanol–water partition coefficient (Wildman–Crippen LogP) is 4.59. The Labute approximate surface area is 155 Å². The number of carboxylic acids is 1. The summed E-state index contributed by atoms with van der Waals surface area (Å²) >= 11 is 0. The fourth-order valence-electron chi connectivity index (χ4n) is 3.27. The molecule has 1 amide bonds. The lowest BCUT2D eigenvalue weighted by atomic mass is 10.1. The van der Waals surface area contributed by atoms with Gasteiger partial charge in [-0.3, -0.25) is 4.79 Å². The van der Waals surface area contributed by atoms with Gasteiger partial charge in [-0.2, -0.15) is 0 Å². The first-order chi connectivity index (χ1) is 12.5. The molecule has 1 fully saturated rings. The molecule has 2 heterocycles. The van der Waals surface area contributed by atoms with E-state index in [9.17, 15) is 9.59 Å². The number of amides is 1. The van der Waals surface area contributed by atoms with Gasteiger partial charge in [-0.15, -0.1) is 0 Å². The van der Waals surface area contributed by atoms with Crippen molar-refractivity contribution in [1.82, 2.24) is 4.90 Å². The number of hydrogen-bond acceptors (Lipinski definition) is 3. The number of carbonyl (C=O) groups is 2. The number of hydrogen-bond donors (Lipinski definition) is 1. The van der Waals surface area contributed by atoms with Crippen molar-refractivity contribution in [3.8, 4) is 0 Å². The van der Waals surface area contributed by atoms with E-state index in [0.29, 0.717) is 24.9 Å². The predicted molar refractivity (Wildman–Crippen MR) is 101 cm³/mol. The number of likely N-dealkylation sites (tertiary alicyclic amines) is 1. The standard InChI is InChI=1S/C21H29NO4/c1-3-4-5-7-16(2)9-10-18-11-12-19(23)22(18)14-6-8-17-13-15-26-20(17)21(24)25/h7,9-10,13,15,18H,3-6,8,11-12,14H2,1-2H3,(H,24,25)/t18-/m0/s1. The molecular weight excluding hydrogens is 330 g/mol. The highest BCUT2D eigenvalue weighted by atomic mass is 16.4. The molecule has 0 spiro atoms. The van der Waals surface area contributed by atoms with Crippen molar-refractivity contribution in [1.29, 1.82) is 0 Å². The van der Waals surface area contributed by atoms with Gasteiger partial charge in [-0.1, -0.05) is 43.6 Å². The third-order valence-corrected chi connectivity index (χ3v) is 4.77. The summed E-state index contributed by atoms with van der Waals surface area (Å²) < 4.78 is 5.00. The minimum atomic E-state index is -1.05. The molecule has 1 aromatic heterocycles. The van der Waals surface area contributed by atoms with Crippen LogP contribution in [0, 0.1) is 0 Å². The number of furan rings is 1. The zero-order valence-corrected chi connectivity index (χ0v) is 15.7. The fourth-order valence-corrected chi connectivity index (χ4v) is 3.27. The summed E-state index contributed by atoms with van der Waals surface area (Å²) in [5, 5.41) is 9.08. The van der Waals surface area contributed by atoms with Gasteiger partial charge >= 0.3 is 5.97 Å². The Bertz CT molecular complexity index is 671. The number of rotatable bonds is 10.